The number of anilines is 1. The van der Waals surface area contributed by atoms with E-state index in [9.17, 15) is 25.0 Å². The van der Waals surface area contributed by atoms with Gasteiger partial charge in [0.1, 0.15) is 22.4 Å². The number of carbonyl (C=O) groups is 1. The number of carbonyl (C=O) groups excluding carboxylic acids is 1. The van der Waals surface area contributed by atoms with E-state index in [-0.39, 0.29) is 39.8 Å². The van der Waals surface area contributed by atoms with Gasteiger partial charge < -0.3 is 14.5 Å². The fourth-order valence-corrected chi connectivity index (χ4v) is 4.60. The summed E-state index contributed by atoms with van der Waals surface area (Å²) in [5, 5.41) is 26.6. The zero-order valence-electron chi connectivity index (χ0n) is 20.6. The molecule has 3 aromatic carbocycles. The second-order valence-corrected chi connectivity index (χ2v) is 9.23. The van der Waals surface area contributed by atoms with Gasteiger partial charge in [0, 0.05) is 34.1 Å². The Hall–Kier alpha value is -5.60. The number of nitro benzene ring substituents is 1. The Morgan fingerprint density at radius 3 is 2.67 bits per heavy atom. The highest BCUT2D eigenvalue weighted by Gasteiger charge is 2.17. The number of rotatable bonds is 8. The monoisotopic (exact) mass is 550 g/mol. The molecule has 0 aliphatic carbocycles. The molecule has 1 amide bonds. The van der Waals surface area contributed by atoms with Crippen LogP contribution in [0.4, 0.5) is 11.4 Å². The van der Waals surface area contributed by atoms with Crippen LogP contribution in [-0.2, 0) is 4.79 Å². The molecule has 5 rings (SSSR count). The van der Waals surface area contributed by atoms with Gasteiger partial charge in [-0.1, -0.05) is 36.4 Å². The van der Waals surface area contributed by atoms with Crippen LogP contribution in [-0.4, -0.2) is 22.4 Å². The van der Waals surface area contributed by atoms with Crippen molar-refractivity contribution >= 4 is 51.2 Å². The SMILES string of the molecule is N#CC(=Cc1cc([N+](=O)[O-])ccc1OCC(=O)Nc1ccccc1)c1nc(-c2cc3ccccc3oc2=O)cs1. The van der Waals surface area contributed by atoms with E-state index >= 15 is 0 Å². The lowest BCUT2D eigenvalue weighted by Gasteiger charge is -2.10. The molecule has 0 saturated carbocycles. The Balaban J connectivity index is 1.44. The fourth-order valence-electron chi connectivity index (χ4n) is 3.81. The number of aromatic nitrogens is 1. The lowest BCUT2D eigenvalue weighted by atomic mass is 10.1. The topological polar surface area (TPSA) is 148 Å². The molecular formula is C29H18N4O6S. The predicted molar refractivity (Wildman–Crippen MR) is 151 cm³/mol. The predicted octanol–water partition coefficient (Wildman–Crippen LogP) is 5.91. The summed E-state index contributed by atoms with van der Waals surface area (Å²) in [7, 11) is 0. The number of nitro groups is 1. The molecule has 5 aromatic rings. The minimum atomic E-state index is -0.574. The van der Waals surface area contributed by atoms with Crippen molar-refractivity contribution < 1.29 is 18.9 Å². The highest BCUT2D eigenvalue weighted by atomic mass is 32.1. The number of para-hydroxylation sites is 2. The number of allylic oxidation sites excluding steroid dienone is 1. The Kier molecular flexibility index (Phi) is 7.43. The molecule has 0 unspecified atom stereocenters. The zero-order valence-corrected chi connectivity index (χ0v) is 21.4. The van der Waals surface area contributed by atoms with E-state index in [0.29, 0.717) is 17.0 Å². The summed E-state index contributed by atoms with van der Waals surface area (Å²) < 4.78 is 11.0. The van der Waals surface area contributed by atoms with Crippen LogP contribution in [0, 0.1) is 21.4 Å². The zero-order chi connectivity index (χ0) is 28.1. The normalized spacial score (nSPS) is 11.1. The number of amides is 1. The molecule has 0 aliphatic rings. The smallest absolute Gasteiger partial charge is 0.345 e. The van der Waals surface area contributed by atoms with Crippen molar-refractivity contribution in [1.82, 2.24) is 4.98 Å². The fraction of sp³-hybridized carbons (Fsp3) is 0.0345. The van der Waals surface area contributed by atoms with Crippen molar-refractivity contribution in [3.05, 3.63) is 115 Å². The van der Waals surface area contributed by atoms with Crippen molar-refractivity contribution in [3.8, 4) is 23.1 Å². The van der Waals surface area contributed by atoms with Gasteiger partial charge in [-0.05, 0) is 36.4 Å². The Morgan fingerprint density at radius 1 is 1.12 bits per heavy atom. The molecule has 0 radical (unpaired) electrons. The van der Waals surface area contributed by atoms with E-state index in [2.05, 4.69) is 16.4 Å². The van der Waals surface area contributed by atoms with Gasteiger partial charge in [-0.3, -0.25) is 14.9 Å². The summed E-state index contributed by atoms with van der Waals surface area (Å²) in [4.78, 5) is 40.2. The standard InChI is InChI=1S/C29H18N4O6S/c30-15-20(28-32-24(17-40-28)23-14-18-6-4-5-9-26(18)39-29(23)35)12-19-13-22(33(36)37)10-11-25(19)38-16-27(34)31-21-7-2-1-3-8-21/h1-14,17H,16H2,(H,31,34). The van der Waals surface area contributed by atoms with Gasteiger partial charge in [0.2, 0.25) is 0 Å². The second-order valence-electron chi connectivity index (χ2n) is 8.38. The maximum absolute atomic E-state index is 12.6. The van der Waals surface area contributed by atoms with Gasteiger partial charge >= 0.3 is 5.63 Å². The molecular weight excluding hydrogens is 532 g/mol. The second kappa shape index (κ2) is 11.4. The van der Waals surface area contributed by atoms with Crippen molar-refractivity contribution in [2.24, 2.45) is 0 Å². The van der Waals surface area contributed by atoms with E-state index < -0.39 is 16.5 Å². The first-order chi connectivity index (χ1) is 19.4. The van der Waals surface area contributed by atoms with Gasteiger partial charge in [0.25, 0.3) is 11.6 Å². The minimum Gasteiger partial charge on any atom is -0.483 e. The average molecular weight is 551 g/mol. The Labute approximate surface area is 230 Å². The molecule has 2 aromatic heterocycles. The number of ether oxygens (including phenoxy) is 1. The lowest BCUT2D eigenvalue weighted by molar-refractivity contribution is -0.384. The number of nitriles is 1. The number of nitrogens with one attached hydrogen (secondary N) is 1. The average Bonchev–Trinajstić information content (AvgIpc) is 3.45. The largest absolute Gasteiger partial charge is 0.483 e. The molecule has 196 valence electrons. The van der Waals surface area contributed by atoms with E-state index in [1.165, 1.54) is 24.3 Å². The third kappa shape index (κ3) is 5.77. The van der Waals surface area contributed by atoms with Gasteiger partial charge in [-0.15, -0.1) is 11.3 Å². The van der Waals surface area contributed by atoms with Gasteiger partial charge in [0.05, 0.1) is 21.8 Å². The third-order valence-electron chi connectivity index (χ3n) is 5.69. The number of non-ortho nitro benzene ring substituents is 1. The summed E-state index contributed by atoms with van der Waals surface area (Å²) in [5.41, 5.74) is 1.10. The van der Waals surface area contributed by atoms with Crippen LogP contribution in [0.25, 0.3) is 33.9 Å². The van der Waals surface area contributed by atoms with E-state index in [1.807, 2.05) is 12.1 Å². The van der Waals surface area contributed by atoms with Crippen molar-refractivity contribution in [3.63, 3.8) is 0 Å². The first kappa shape index (κ1) is 26.0. The summed E-state index contributed by atoms with van der Waals surface area (Å²) in [6.45, 7) is -0.366. The molecule has 40 heavy (non-hydrogen) atoms. The van der Waals surface area contributed by atoms with Crippen molar-refractivity contribution in [2.45, 2.75) is 0 Å². The Morgan fingerprint density at radius 2 is 1.90 bits per heavy atom. The maximum atomic E-state index is 12.6. The number of fused-ring (bicyclic) bond motifs is 1. The van der Waals surface area contributed by atoms with E-state index in [1.54, 1.807) is 53.9 Å². The molecule has 2 heterocycles. The molecule has 0 aliphatic heterocycles. The van der Waals surface area contributed by atoms with Gasteiger partial charge in [-0.2, -0.15) is 5.26 Å². The third-order valence-corrected chi connectivity index (χ3v) is 6.57. The van der Waals surface area contributed by atoms with Crippen molar-refractivity contribution in [2.75, 3.05) is 11.9 Å². The van der Waals surface area contributed by atoms with Gasteiger partial charge in [0.15, 0.2) is 6.61 Å². The number of thiazole rings is 1. The van der Waals surface area contributed by atoms with Crippen LogP contribution < -0.4 is 15.7 Å². The molecule has 10 nitrogen and oxygen atoms in total. The molecule has 1 N–H and O–H groups in total. The van der Waals surface area contributed by atoms with Crippen LogP contribution in [0.2, 0.25) is 0 Å². The minimum absolute atomic E-state index is 0.0838. The van der Waals surface area contributed by atoms with Gasteiger partial charge in [-0.25, -0.2) is 9.78 Å². The number of hydrogen-bond donors (Lipinski definition) is 1. The van der Waals surface area contributed by atoms with Crippen molar-refractivity contribution in [1.29, 1.82) is 5.26 Å². The maximum Gasteiger partial charge on any atom is 0.345 e. The number of nitrogens with zero attached hydrogens (tertiary/aromatic N) is 3. The van der Waals surface area contributed by atoms with Crippen LogP contribution >= 0.6 is 11.3 Å². The number of benzene rings is 3. The van der Waals surface area contributed by atoms with E-state index in [4.69, 9.17) is 9.15 Å². The molecule has 0 atom stereocenters. The molecule has 11 heteroatoms. The first-order valence-corrected chi connectivity index (χ1v) is 12.7. The lowest BCUT2D eigenvalue weighted by Crippen LogP contribution is -2.20. The van der Waals surface area contributed by atoms with Crippen LogP contribution in [0.3, 0.4) is 0 Å². The summed E-state index contributed by atoms with van der Waals surface area (Å²) in [6, 6.07) is 23.5. The molecule has 0 saturated heterocycles. The summed E-state index contributed by atoms with van der Waals surface area (Å²) in [5.74, 6) is -0.271. The first-order valence-electron chi connectivity index (χ1n) is 11.8. The van der Waals surface area contributed by atoms with E-state index in [0.717, 1.165) is 16.7 Å². The summed E-state index contributed by atoms with van der Waals surface area (Å²) >= 11 is 1.13. The highest BCUT2D eigenvalue weighted by molar-refractivity contribution is 7.11. The molecule has 0 spiro atoms. The number of hydrogen-bond acceptors (Lipinski definition) is 9. The molecule has 0 fully saturated rings. The highest BCUT2D eigenvalue weighted by Crippen LogP contribution is 2.31. The van der Waals surface area contributed by atoms with Crippen LogP contribution in [0.15, 0.2) is 93.5 Å². The Bertz CT molecular complexity index is 1870. The van der Waals surface area contributed by atoms with Crippen LogP contribution in [0.1, 0.15) is 10.6 Å². The molecule has 0 bridgehead atoms. The quantitative estimate of drug-likeness (QED) is 0.109. The van der Waals surface area contributed by atoms with Crippen LogP contribution in [0.5, 0.6) is 5.75 Å². The summed E-state index contributed by atoms with van der Waals surface area (Å²) in [6.07, 6.45) is 1.39.